The number of benzene rings is 9. The smallest absolute Gasteiger partial charge is 0.238 e. The maximum Gasteiger partial charge on any atom is 0.238 e. The molecule has 7 nitrogen and oxygen atoms in total. The van der Waals surface area contributed by atoms with Gasteiger partial charge in [0.1, 0.15) is 0 Å². The molecule has 0 amide bonds. The average Bonchev–Trinajstić information content (AvgIpc) is 3.95. The number of fused-ring (bicyclic) bond motifs is 7. The van der Waals surface area contributed by atoms with Gasteiger partial charge in [-0.15, -0.1) is 0 Å². The van der Waals surface area contributed by atoms with E-state index in [2.05, 4.69) is 161 Å². The lowest BCUT2D eigenvalue weighted by Gasteiger charge is -2.14. The molecule has 0 radical (unpaired) electrons. The summed E-state index contributed by atoms with van der Waals surface area (Å²) >= 11 is 0. The van der Waals surface area contributed by atoms with Crippen molar-refractivity contribution >= 4 is 43.6 Å². The van der Waals surface area contributed by atoms with E-state index in [-0.39, 0.29) is 0 Å². The van der Waals surface area contributed by atoms with Crippen molar-refractivity contribution < 1.29 is 0 Å². The van der Waals surface area contributed by atoms with Crippen molar-refractivity contribution in [3.05, 3.63) is 237 Å². The second-order valence-electron chi connectivity index (χ2n) is 16.9. The predicted octanol–water partition coefficient (Wildman–Crippen LogP) is 14.9. The Morgan fingerprint density at radius 3 is 1.16 bits per heavy atom. The van der Waals surface area contributed by atoms with Crippen molar-refractivity contribution in [1.29, 1.82) is 0 Å². The van der Waals surface area contributed by atoms with Gasteiger partial charge in [-0.3, -0.25) is 4.57 Å². The summed E-state index contributed by atoms with van der Waals surface area (Å²) in [5, 5.41) is 4.49. The van der Waals surface area contributed by atoms with Gasteiger partial charge in [0.15, 0.2) is 17.5 Å². The molecular weight excluding hydrogens is 831 g/mol. The lowest BCUT2D eigenvalue weighted by Crippen LogP contribution is -2.07. The minimum atomic E-state index is 0.546. The van der Waals surface area contributed by atoms with Crippen LogP contribution in [0, 0.1) is 0 Å². The van der Waals surface area contributed by atoms with E-state index < -0.39 is 0 Å². The van der Waals surface area contributed by atoms with Gasteiger partial charge in [0.2, 0.25) is 5.95 Å². The molecule has 0 aliphatic carbocycles. The molecule has 0 fully saturated rings. The van der Waals surface area contributed by atoms with Gasteiger partial charge in [-0.25, -0.2) is 15.0 Å². The van der Waals surface area contributed by atoms with Crippen LogP contribution in [0.25, 0.3) is 123 Å². The first kappa shape index (κ1) is 39.1. The van der Waals surface area contributed by atoms with Gasteiger partial charge in [-0.2, -0.15) is 9.97 Å². The van der Waals surface area contributed by atoms with Crippen molar-refractivity contribution in [2.45, 2.75) is 0 Å². The molecule has 0 spiro atoms. The molecule has 68 heavy (non-hydrogen) atoms. The zero-order valence-corrected chi connectivity index (χ0v) is 36.6. The van der Waals surface area contributed by atoms with Crippen LogP contribution in [0.15, 0.2) is 237 Å². The molecule has 7 heteroatoms. The Hall–Kier alpha value is -9.33. The molecule has 13 rings (SSSR count). The van der Waals surface area contributed by atoms with E-state index >= 15 is 0 Å². The lowest BCUT2D eigenvalue weighted by atomic mass is 10.0. The Bertz CT molecular complexity index is 3920. The van der Waals surface area contributed by atoms with Gasteiger partial charge < -0.3 is 4.57 Å². The summed E-state index contributed by atoms with van der Waals surface area (Å²) < 4.78 is 4.61. The standard InChI is InChI=1S/C61H39N7/c1-5-17-40(18-6-1)41-29-31-43(32-30-41)53-39-52(42-19-7-2-8-20-42)62-58(63-53)46-33-35-47(36-34-46)67-54-27-15-13-25-48(54)50-37-38-51-49-26-14-16-28-55(49)68(57(51)56(50)67)61-65-59(44-21-9-3-10-22-44)64-60(66-61)45-23-11-4-12-24-45/h1-39H. The number of hydrogen-bond acceptors (Lipinski definition) is 5. The minimum Gasteiger partial charge on any atom is -0.307 e. The third kappa shape index (κ3) is 6.72. The van der Waals surface area contributed by atoms with Gasteiger partial charge in [0, 0.05) is 55.0 Å². The summed E-state index contributed by atoms with van der Waals surface area (Å²) in [4.78, 5) is 26.0. The molecule has 0 N–H and O–H groups in total. The molecule has 0 saturated heterocycles. The topological polar surface area (TPSA) is 74.3 Å². The number of para-hydroxylation sites is 2. The van der Waals surface area contributed by atoms with E-state index in [1.807, 2.05) is 84.9 Å². The molecule has 4 aromatic heterocycles. The lowest BCUT2D eigenvalue weighted by molar-refractivity contribution is 0.953. The minimum absolute atomic E-state index is 0.546. The number of nitrogens with zero attached hydrogens (tertiary/aromatic N) is 7. The first-order valence-corrected chi connectivity index (χ1v) is 22.8. The fourth-order valence-electron chi connectivity index (χ4n) is 9.58. The SMILES string of the molecule is c1ccc(-c2ccc(-c3cc(-c4ccccc4)nc(-c4ccc(-n5c6ccccc6c6ccc7c8ccccc8n(-c8nc(-c9ccccc9)nc(-c9ccccc9)n8)c7c65)cc4)n3)cc2)cc1. The molecule has 318 valence electrons. The molecule has 4 heterocycles. The van der Waals surface area contributed by atoms with Crippen LogP contribution >= 0.6 is 0 Å². The molecule has 0 saturated carbocycles. The highest BCUT2D eigenvalue weighted by molar-refractivity contribution is 6.23. The van der Waals surface area contributed by atoms with Crippen molar-refractivity contribution in [2.75, 3.05) is 0 Å². The van der Waals surface area contributed by atoms with E-state index in [1.54, 1.807) is 0 Å². The van der Waals surface area contributed by atoms with Crippen molar-refractivity contribution in [2.24, 2.45) is 0 Å². The van der Waals surface area contributed by atoms with Crippen molar-refractivity contribution in [3.8, 4) is 79.4 Å². The highest BCUT2D eigenvalue weighted by Gasteiger charge is 2.24. The van der Waals surface area contributed by atoms with E-state index in [1.165, 1.54) is 5.56 Å². The van der Waals surface area contributed by atoms with E-state index in [0.717, 1.165) is 94.1 Å². The highest BCUT2D eigenvalue weighted by atomic mass is 15.2. The fraction of sp³-hybridized carbons (Fsp3) is 0. The van der Waals surface area contributed by atoms with Crippen LogP contribution in [0.1, 0.15) is 0 Å². The Kier molecular flexibility index (Phi) is 9.35. The molecule has 9 aromatic carbocycles. The van der Waals surface area contributed by atoms with Gasteiger partial charge in [-0.05, 0) is 53.6 Å². The summed E-state index contributed by atoms with van der Waals surface area (Å²) in [6.45, 7) is 0. The van der Waals surface area contributed by atoms with Gasteiger partial charge in [0.05, 0.1) is 33.5 Å². The monoisotopic (exact) mass is 869 g/mol. The second-order valence-corrected chi connectivity index (χ2v) is 16.9. The third-order valence-corrected chi connectivity index (χ3v) is 12.8. The highest BCUT2D eigenvalue weighted by Crippen LogP contribution is 2.42. The fourth-order valence-corrected chi connectivity index (χ4v) is 9.58. The summed E-state index contributed by atoms with van der Waals surface area (Å²) in [6, 6.07) is 82.1. The van der Waals surface area contributed by atoms with E-state index in [4.69, 9.17) is 24.9 Å². The Balaban J connectivity index is 1.01. The predicted molar refractivity (Wildman–Crippen MR) is 277 cm³/mol. The van der Waals surface area contributed by atoms with Crippen LogP contribution in [0.4, 0.5) is 0 Å². The average molecular weight is 870 g/mol. The maximum absolute atomic E-state index is 5.27. The quantitative estimate of drug-likeness (QED) is 0.152. The third-order valence-electron chi connectivity index (χ3n) is 12.8. The maximum atomic E-state index is 5.27. The summed E-state index contributed by atoms with van der Waals surface area (Å²) in [5.41, 5.74) is 14.0. The van der Waals surface area contributed by atoms with Crippen molar-refractivity contribution in [3.63, 3.8) is 0 Å². The van der Waals surface area contributed by atoms with Crippen LogP contribution in [-0.2, 0) is 0 Å². The van der Waals surface area contributed by atoms with Crippen molar-refractivity contribution in [1.82, 2.24) is 34.1 Å². The van der Waals surface area contributed by atoms with E-state index in [0.29, 0.717) is 23.4 Å². The molecule has 0 unspecified atom stereocenters. The Labute approximate surface area is 392 Å². The van der Waals surface area contributed by atoms with Crippen LogP contribution < -0.4 is 0 Å². The molecule has 0 aliphatic rings. The van der Waals surface area contributed by atoms with Gasteiger partial charge >= 0.3 is 0 Å². The van der Waals surface area contributed by atoms with Crippen LogP contribution in [0.3, 0.4) is 0 Å². The van der Waals surface area contributed by atoms with Crippen LogP contribution in [-0.4, -0.2) is 34.1 Å². The number of aromatic nitrogens is 7. The molecule has 0 aliphatic heterocycles. The van der Waals surface area contributed by atoms with Gasteiger partial charge in [0.25, 0.3) is 0 Å². The Morgan fingerprint density at radius 1 is 0.250 bits per heavy atom. The number of rotatable bonds is 8. The molecule has 0 atom stereocenters. The molecule has 0 bridgehead atoms. The first-order valence-electron chi connectivity index (χ1n) is 22.8. The summed E-state index contributed by atoms with van der Waals surface area (Å²) in [5.74, 6) is 2.41. The molecular formula is C61H39N7. The molecule has 13 aromatic rings. The van der Waals surface area contributed by atoms with Gasteiger partial charge in [-0.1, -0.05) is 194 Å². The van der Waals surface area contributed by atoms with E-state index in [9.17, 15) is 0 Å². The van der Waals surface area contributed by atoms with Crippen LogP contribution in [0.5, 0.6) is 0 Å². The normalized spacial score (nSPS) is 11.5. The largest absolute Gasteiger partial charge is 0.307 e. The number of hydrogen-bond donors (Lipinski definition) is 0. The zero-order valence-electron chi connectivity index (χ0n) is 36.6. The Morgan fingerprint density at radius 2 is 0.618 bits per heavy atom. The zero-order chi connectivity index (χ0) is 45.0. The first-order chi connectivity index (χ1) is 33.7. The summed E-state index contributed by atoms with van der Waals surface area (Å²) in [7, 11) is 0. The second kappa shape index (κ2) is 16.3. The summed E-state index contributed by atoms with van der Waals surface area (Å²) in [6.07, 6.45) is 0. The van der Waals surface area contributed by atoms with Crippen LogP contribution in [0.2, 0.25) is 0 Å².